The predicted octanol–water partition coefficient (Wildman–Crippen LogP) is 2.51. The number of nitrogens with zero attached hydrogens (tertiary/aromatic N) is 3. The van der Waals surface area contributed by atoms with E-state index in [1.807, 2.05) is 47.8 Å². The fourth-order valence-electron chi connectivity index (χ4n) is 2.06. The van der Waals surface area contributed by atoms with Crippen LogP contribution in [0.4, 0.5) is 0 Å². The average Bonchev–Trinajstić information content (AvgIpc) is 3.21. The van der Waals surface area contributed by atoms with Gasteiger partial charge < -0.3 is 5.32 Å². The molecule has 0 saturated carbocycles. The Kier molecular flexibility index (Phi) is 4.07. The summed E-state index contributed by atoms with van der Waals surface area (Å²) < 4.78 is 0. The molecule has 6 heteroatoms. The molecule has 0 fully saturated rings. The SMILES string of the molecule is O=C(N[C@@H](Cn1nccn1)c1ccccc1)c1cccs1. The van der Waals surface area contributed by atoms with Gasteiger partial charge in [0.15, 0.2) is 0 Å². The summed E-state index contributed by atoms with van der Waals surface area (Å²) in [5.41, 5.74) is 1.03. The normalized spacial score (nSPS) is 12.0. The van der Waals surface area contributed by atoms with Crippen molar-refractivity contribution in [1.82, 2.24) is 20.3 Å². The van der Waals surface area contributed by atoms with E-state index >= 15 is 0 Å². The van der Waals surface area contributed by atoms with E-state index in [-0.39, 0.29) is 11.9 Å². The van der Waals surface area contributed by atoms with Crippen LogP contribution in [-0.2, 0) is 6.54 Å². The predicted molar refractivity (Wildman–Crippen MR) is 81.0 cm³/mol. The van der Waals surface area contributed by atoms with Crippen molar-refractivity contribution in [1.29, 1.82) is 0 Å². The average molecular weight is 298 g/mol. The number of carbonyl (C=O) groups excluding carboxylic acids is 1. The lowest BCUT2D eigenvalue weighted by Crippen LogP contribution is -2.31. The second-order valence-electron chi connectivity index (χ2n) is 4.50. The van der Waals surface area contributed by atoms with Crippen LogP contribution in [0, 0.1) is 0 Å². The number of hydrogen-bond acceptors (Lipinski definition) is 4. The van der Waals surface area contributed by atoms with Crippen LogP contribution in [0.3, 0.4) is 0 Å². The fraction of sp³-hybridized carbons (Fsp3) is 0.133. The van der Waals surface area contributed by atoms with Crippen molar-refractivity contribution in [2.24, 2.45) is 0 Å². The van der Waals surface area contributed by atoms with Crippen LogP contribution in [-0.4, -0.2) is 20.9 Å². The van der Waals surface area contributed by atoms with Crippen molar-refractivity contribution in [2.75, 3.05) is 0 Å². The Labute approximate surface area is 126 Å². The number of thiophene rings is 1. The molecule has 106 valence electrons. The molecule has 0 unspecified atom stereocenters. The minimum absolute atomic E-state index is 0.0778. The summed E-state index contributed by atoms with van der Waals surface area (Å²) in [4.78, 5) is 14.5. The number of amides is 1. The zero-order chi connectivity index (χ0) is 14.5. The summed E-state index contributed by atoms with van der Waals surface area (Å²) >= 11 is 1.43. The van der Waals surface area contributed by atoms with Gasteiger partial charge in [-0.25, -0.2) is 0 Å². The van der Waals surface area contributed by atoms with Crippen molar-refractivity contribution < 1.29 is 4.79 Å². The van der Waals surface area contributed by atoms with Gasteiger partial charge in [-0.2, -0.15) is 15.0 Å². The minimum Gasteiger partial charge on any atom is -0.343 e. The van der Waals surface area contributed by atoms with E-state index in [2.05, 4.69) is 15.5 Å². The largest absolute Gasteiger partial charge is 0.343 e. The standard InChI is InChI=1S/C15H14N4OS/c20-15(14-7-4-10-21-14)18-13(11-19-16-8-9-17-19)12-5-2-1-3-6-12/h1-10,13H,11H2,(H,18,20)/t13-/m0/s1. The lowest BCUT2D eigenvalue weighted by Gasteiger charge is -2.18. The van der Waals surface area contributed by atoms with Crippen LogP contribution in [0.2, 0.25) is 0 Å². The Morgan fingerprint density at radius 2 is 1.90 bits per heavy atom. The van der Waals surface area contributed by atoms with E-state index in [1.54, 1.807) is 17.2 Å². The number of nitrogens with one attached hydrogen (secondary N) is 1. The minimum atomic E-state index is -0.173. The summed E-state index contributed by atoms with van der Waals surface area (Å²) in [5, 5.41) is 13.2. The number of rotatable bonds is 5. The molecule has 0 aliphatic heterocycles. The van der Waals surface area contributed by atoms with Crippen LogP contribution in [0.1, 0.15) is 21.3 Å². The van der Waals surface area contributed by atoms with Crippen LogP contribution in [0.15, 0.2) is 60.2 Å². The van der Waals surface area contributed by atoms with Gasteiger partial charge in [0.2, 0.25) is 0 Å². The molecular weight excluding hydrogens is 284 g/mol. The Morgan fingerprint density at radius 3 is 2.57 bits per heavy atom. The van der Waals surface area contributed by atoms with Crippen molar-refractivity contribution >= 4 is 17.2 Å². The molecule has 2 heterocycles. The van der Waals surface area contributed by atoms with E-state index in [4.69, 9.17) is 0 Å². The summed E-state index contributed by atoms with van der Waals surface area (Å²) in [5.74, 6) is -0.0778. The zero-order valence-electron chi connectivity index (χ0n) is 11.2. The molecule has 3 aromatic rings. The van der Waals surface area contributed by atoms with E-state index in [0.717, 1.165) is 5.56 Å². The molecule has 1 amide bonds. The Morgan fingerprint density at radius 1 is 1.14 bits per heavy atom. The first-order chi connectivity index (χ1) is 10.3. The maximum atomic E-state index is 12.3. The van der Waals surface area contributed by atoms with Gasteiger partial charge in [-0.1, -0.05) is 36.4 Å². The smallest absolute Gasteiger partial charge is 0.261 e. The molecule has 2 aromatic heterocycles. The monoisotopic (exact) mass is 298 g/mol. The van der Waals surface area contributed by atoms with Crippen LogP contribution in [0.25, 0.3) is 0 Å². The van der Waals surface area contributed by atoms with Crippen LogP contribution < -0.4 is 5.32 Å². The molecule has 1 aromatic carbocycles. The maximum Gasteiger partial charge on any atom is 0.261 e. The Hall–Kier alpha value is -2.47. The molecule has 1 N–H and O–H groups in total. The molecule has 0 bridgehead atoms. The Balaban J connectivity index is 1.80. The number of aromatic nitrogens is 3. The third kappa shape index (κ3) is 3.35. The molecule has 5 nitrogen and oxygen atoms in total. The molecule has 0 radical (unpaired) electrons. The second kappa shape index (κ2) is 6.32. The summed E-state index contributed by atoms with van der Waals surface area (Å²) in [6.45, 7) is 0.494. The summed E-state index contributed by atoms with van der Waals surface area (Å²) in [7, 11) is 0. The van der Waals surface area contributed by atoms with Crippen molar-refractivity contribution in [3.8, 4) is 0 Å². The topological polar surface area (TPSA) is 59.8 Å². The van der Waals surface area contributed by atoms with E-state index in [9.17, 15) is 4.79 Å². The highest BCUT2D eigenvalue weighted by atomic mass is 32.1. The highest BCUT2D eigenvalue weighted by molar-refractivity contribution is 7.12. The molecule has 0 aliphatic rings. The molecule has 0 spiro atoms. The summed E-state index contributed by atoms with van der Waals surface area (Å²) in [6, 6.07) is 13.3. The Bertz CT molecular complexity index is 680. The number of carbonyl (C=O) groups is 1. The first kappa shape index (κ1) is 13.5. The summed E-state index contributed by atoms with van der Waals surface area (Å²) in [6.07, 6.45) is 3.26. The van der Waals surface area contributed by atoms with Crippen molar-refractivity contribution in [3.05, 3.63) is 70.7 Å². The van der Waals surface area contributed by atoms with Gasteiger partial charge in [-0.05, 0) is 17.0 Å². The molecule has 1 atom stereocenters. The van der Waals surface area contributed by atoms with E-state index < -0.39 is 0 Å². The van der Waals surface area contributed by atoms with Crippen molar-refractivity contribution in [2.45, 2.75) is 12.6 Å². The first-order valence-corrected chi connectivity index (χ1v) is 7.44. The molecule has 0 aliphatic carbocycles. The van der Waals surface area contributed by atoms with Crippen LogP contribution >= 0.6 is 11.3 Å². The molecular formula is C15H14N4OS. The molecule has 0 saturated heterocycles. The van der Waals surface area contributed by atoms with Gasteiger partial charge >= 0.3 is 0 Å². The van der Waals surface area contributed by atoms with Gasteiger partial charge in [-0.3, -0.25) is 4.79 Å². The number of benzene rings is 1. The van der Waals surface area contributed by atoms with Gasteiger partial charge in [-0.15, -0.1) is 11.3 Å². The fourth-order valence-corrected chi connectivity index (χ4v) is 2.68. The number of hydrogen-bond donors (Lipinski definition) is 1. The lowest BCUT2D eigenvalue weighted by atomic mass is 10.1. The van der Waals surface area contributed by atoms with Gasteiger partial charge in [0.25, 0.3) is 5.91 Å². The van der Waals surface area contributed by atoms with Crippen molar-refractivity contribution in [3.63, 3.8) is 0 Å². The maximum absolute atomic E-state index is 12.3. The van der Waals surface area contributed by atoms with Gasteiger partial charge in [0.1, 0.15) is 0 Å². The highest BCUT2D eigenvalue weighted by Gasteiger charge is 2.17. The van der Waals surface area contributed by atoms with Crippen LogP contribution in [0.5, 0.6) is 0 Å². The second-order valence-corrected chi connectivity index (χ2v) is 5.45. The first-order valence-electron chi connectivity index (χ1n) is 6.56. The van der Waals surface area contributed by atoms with Gasteiger partial charge in [0.05, 0.1) is 29.9 Å². The van der Waals surface area contributed by atoms with E-state index in [0.29, 0.717) is 11.4 Å². The lowest BCUT2D eigenvalue weighted by molar-refractivity contribution is 0.0935. The molecule has 21 heavy (non-hydrogen) atoms. The van der Waals surface area contributed by atoms with E-state index in [1.165, 1.54) is 11.3 Å². The van der Waals surface area contributed by atoms with Gasteiger partial charge in [0, 0.05) is 0 Å². The quantitative estimate of drug-likeness (QED) is 0.787. The molecule has 3 rings (SSSR count). The third-order valence-electron chi connectivity index (χ3n) is 3.06. The highest BCUT2D eigenvalue weighted by Crippen LogP contribution is 2.16. The third-order valence-corrected chi connectivity index (χ3v) is 3.93. The zero-order valence-corrected chi connectivity index (χ0v) is 12.0.